The molecule has 3 rings (SSSR count). The Morgan fingerprint density at radius 3 is 2.73 bits per heavy atom. The van der Waals surface area contributed by atoms with Gasteiger partial charge in [0.05, 0.1) is 5.69 Å². The van der Waals surface area contributed by atoms with Crippen LogP contribution < -0.4 is 5.32 Å². The van der Waals surface area contributed by atoms with Gasteiger partial charge in [-0.1, -0.05) is 24.3 Å². The van der Waals surface area contributed by atoms with Crippen molar-refractivity contribution in [3.63, 3.8) is 0 Å². The summed E-state index contributed by atoms with van der Waals surface area (Å²) in [5.41, 5.74) is 4.82. The lowest BCUT2D eigenvalue weighted by Gasteiger charge is -2.23. The summed E-state index contributed by atoms with van der Waals surface area (Å²) in [5.74, 6) is -0.176. The molecule has 0 radical (unpaired) electrons. The lowest BCUT2D eigenvalue weighted by molar-refractivity contribution is 0.474. The zero-order chi connectivity index (χ0) is 15.4. The van der Waals surface area contributed by atoms with Gasteiger partial charge in [0.15, 0.2) is 0 Å². The second-order valence-corrected chi connectivity index (χ2v) is 5.86. The number of aromatic nitrogens is 1. The maximum Gasteiger partial charge on any atom is 0.123 e. The molecular formula is C19H21FN2. The van der Waals surface area contributed by atoms with Gasteiger partial charge in [-0.05, 0) is 61.1 Å². The number of hydrogen-bond acceptors (Lipinski definition) is 2. The number of rotatable bonds is 4. The van der Waals surface area contributed by atoms with Crippen molar-refractivity contribution in [2.45, 2.75) is 38.8 Å². The molecule has 22 heavy (non-hydrogen) atoms. The van der Waals surface area contributed by atoms with E-state index in [1.807, 2.05) is 24.4 Å². The highest BCUT2D eigenvalue weighted by Gasteiger charge is 2.15. The molecule has 0 bridgehead atoms. The predicted molar refractivity (Wildman–Crippen MR) is 87.8 cm³/mol. The zero-order valence-electron chi connectivity index (χ0n) is 12.8. The Morgan fingerprint density at radius 2 is 2.05 bits per heavy atom. The first-order chi connectivity index (χ1) is 10.7. The Kier molecular flexibility index (Phi) is 4.64. The summed E-state index contributed by atoms with van der Waals surface area (Å²) in [5, 5.41) is 3.59. The van der Waals surface area contributed by atoms with Gasteiger partial charge in [-0.25, -0.2) is 4.39 Å². The average Bonchev–Trinajstić information content (AvgIpc) is 2.55. The summed E-state index contributed by atoms with van der Waals surface area (Å²) in [4.78, 5) is 4.42. The SMILES string of the molecule is Cc1cccnc1CNC1CC=C(c2ccc(F)cc2)CC1. The van der Waals surface area contributed by atoms with Gasteiger partial charge in [0.25, 0.3) is 0 Å². The van der Waals surface area contributed by atoms with Gasteiger partial charge in [0.2, 0.25) is 0 Å². The van der Waals surface area contributed by atoms with E-state index in [0.29, 0.717) is 6.04 Å². The van der Waals surface area contributed by atoms with Crippen molar-refractivity contribution in [3.05, 3.63) is 71.3 Å². The summed E-state index contributed by atoms with van der Waals surface area (Å²) in [6, 6.07) is 11.4. The third-order valence-electron chi connectivity index (χ3n) is 4.30. The largest absolute Gasteiger partial charge is 0.308 e. The highest BCUT2D eigenvalue weighted by atomic mass is 19.1. The molecule has 0 aliphatic heterocycles. The number of nitrogens with zero attached hydrogens (tertiary/aromatic N) is 1. The van der Waals surface area contributed by atoms with Crippen molar-refractivity contribution in [3.8, 4) is 0 Å². The van der Waals surface area contributed by atoms with Crippen molar-refractivity contribution < 1.29 is 4.39 Å². The Morgan fingerprint density at radius 1 is 1.23 bits per heavy atom. The first-order valence-electron chi connectivity index (χ1n) is 7.81. The van der Waals surface area contributed by atoms with Crippen LogP contribution in [-0.4, -0.2) is 11.0 Å². The van der Waals surface area contributed by atoms with Crippen LogP contribution in [0.25, 0.3) is 5.57 Å². The third kappa shape index (κ3) is 3.60. The number of pyridine rings is 1. The number of aryl methyl sites for hydroxylation is 1. The zero-order valence-corrected chi connectivity index (χ0v) is 12.8. The smallest absolute Gasteiger partial charge is 0.123 e. The quantitative estimate of drug-likeness (QED) is 0.912. The van der Waals surface area contributed by atoms with E-state index >= 15 is 0 Å². The van der Waals surface area contributed by atoms with Crippen LogP contribution in [0.3, 0.4) is 0 Å². The van der Waals surface area contributed by atoms with Crippen molar-refractivity contribution >= 4 is 5.57 Å². The van der Waals surface area contributed by atoms with Crippen LogP contribution in [0.15, 0.2) is 48.7 Å². The van der Waals surface area contributed by atoms with Gasteiger partial charge < -0.3 is 5.32 Å². The molecule has 1 unspecified atom stereocenters. The van der Waals surface area contributed by atoms with Crippen LogP contribution in [0.4, 0.5) is 4.39 Å². The molecule has 1 heterocycles. The van der Waals surface area contributed by atoms with Gasteiger partial charge >= 0.3 is 0 Å². The molecule has 0 fully saturated rings. The van der Waals surface area contributed by atoms with Gasteiger partial charge in [0.1, 0.15) is 5.82 Å². The van der Waals surface area contributed by atoms with Crippen LogP contribution in [-0.2, 0) is 6.54 Å². The van der Waals surface area contributed by atoms with Crippen LogP contribution >= 0.6 is 0 Å². The second kappa shape index (κ2) is 6.84. The summed E-state index contributed by atoms with van der Waals surface area (Å²) in [6.45, 7) is 2.91. The van der Waals surface area contributed by atoms with E-state index in [9.17, 15) is 4.39 Å². The minimum Gasteiger partial charge on any atom is -0.308 e. The number of nitrogens with one attached hydrogen (secondary N) is 1. The second-order valence-electron chi connectivity index (χ2n) is 5.86. The van der Waals surface area contributed by atoms with Crippen LogP contribution in [0.5, 0.6) is 0 Å². The molecule has 1 aromatic heterocycles. The molecule has 0 saturated carbocycles. The molecule has 0 spiro atoms. The van der Waals surface area contributed by atoms with Gasteiger partial charge in [-0.2, -0.15) is 0 Å². The molecule has 114 valence electrons. The van der Waals surface area contributed by atoms with Gasteiger partial charge in [0, 0.05) is 18.8 Å². The minimum atomic E-state index is -0.176. The summed E-state index contributed by atoms with van der Waals surface area (Å²) < 4.78 is 13.0. The van der Waals surface area contributed by atoms with E-state index in [1.54, 1.807) is 0 Å². The molecule has 2 nitrogen and oxygen atoms in total. The number of hydrogen-bond donors (Lipinski definition) is 1. The van der Waals surface area contributed by atoms with Crippen molar-refractivity contribution in [1.29, 1.82) is 0 Å². The van der Waals surface area contributed by atoms with Gasteiger partial charge in [-0.3, -0.25) is 4.98 Å². The summed E-state index contributed by atoms with van der Waals surface area (Å²) in [7, 11) is 0. The molecule has 1 aliphatic carbocycles. The van der Waals surface area contributed by atoms with Gasteiger partial charge in [-0.15, -0.1) is 0 Å². The standard InChI is InChI=1S/C19H21FN2/c1-14-3-2-12-21-19(14)13-22-18-10-6-16(7-11-18)15-4-8-17(20)9-5-15/h2-6,8-9,12,18,22H,7,10-11,13H2,1H3. The van der Waals surface area contributed by atoms with E-state index in [2.05, 4.69) is 29.4 Å². The van der Waals surface area contributed by atoms with E-state index in [4.69, 9.17) is 0 Å². The van der Waals surface area contributed by atoms with Crippen molar-refractivity contribution in [2.75, 3.05) is 0 Å². The molecule has 1 aliphatic rings. The lowest BCUT2D eigenvalue weighted by Crippen LogP contribution is -2.30. The van der Waals surface area contributed by atoms with E-state index in [0.717, 1.165) is 37.1 Å². The first-order valence-corrected chi connectivity index (χ1v) is 7.81. The maximum absolute atomic E-state index is 13.0. The van der Waals surface area contributed by atoms with Crippen molar-refractivity contribution in [1.82, 2.24) is 10.3 Å². The number of benzene rings is 1. The molecule has 0 amide bonds. The van der Waals surface area contributed by atoms with E-state index in [-0.39, 0.29) is 5.82 Å². The molecule has 0 saturated heterocycles. The Hall–Kier alpha value is -2.00. The number of allylic oxidation sites excluding steroid dienone is 1. The minimum absolute atomic E-state index is 0.176. The Labute approximate surface area is 131 Å². The molecule has 2 aromatic rings. The van der Waals surface area contributed by atoms with Crippen LogP contribution in [0.1, 0.15) is 36.1 Å². The third-order valence-corrected chi connectivity index (χ3v) is 4.30. The fraction of sp³-hybridized carbons (Fsp3) is 0.316. The van der Waals surface area contributed by atoms with E-state index in [1.165, 1.54) is 23.3 Å². The molecular weight excluding hydrogens is 275 g/mol. The van der Waals surface area contributed by atoms with E-state index < -0.39 is 0 Å². The fourth-order valence-electron chi connectivity index (χ4n) is 2.89. The number of halogens is 1. The maximum atomic E-state index is 13.0. The Balaban J connectivity index is 1.57. The van der Waals surface area contributed by atoms with Crippen LogP contribution in [0, 0.1) is 12.7 Å². The lowest BCUT2D eigenvalue weighted by atomic mass is 9.90. The molecule has 1 atom stereocenters. The molecule has 1 aromatic carbocycles. The fourth-order valence-corrected chi connectivity index (χ4v) is 2.89. The molecule has 1 N–H and O–H groups in total. The normalized spacial score (nSPS) is 18.1. The Bertz CT molecular complexity index is 661. The highest BCUT2D eigenvalue weighted by molar-refractivity contribution is 5.66. The first kappa shape index (κ1) is 14.9. The van der Waals surface area contributed by atoms with Crippen LogP contribution in [0.2, 0.25) is 0 Å². The highest BCUT2D eigenvalue weighted by Crippen LogP contribution is 2.27. The topological polar surface area (TPSA) is 24.9 Å². The summed E-state index contributed by atoms with van der Waals surface area (Å²) in [6.07, 6.45) is 7.27. The predicted octanol–water partition coefficient (Wildman–Crippen LogP) is 4.25. The average molecular weight is 296 g/mol. The van der Waals surface area contributed by atoms with Crippen molar-refractivity contribution in [2.24, 2.45) is 0 Å². The molecule has 3 heteroatoms. The summed E-state index contributed by atoms with van der Waals surface area (Å²) >= 11 is 0. The monoisotopic (exact) mass is 296 g/mol.